The number of benzene rings is 1. The SMILES string of the molecule is CC(C)[C@@H](CO)Nc1nc(Nc2cccc(NS(C)(=O)=O)c2)nc2[nH]cnc12. The normalized spacial score (nSPS) is 12.9. The van der Waals surface area contributed by atoms with Gasteiger partial charge in [0.15, 0.2) is 11.5 Å². The molecule has 0 radical (unpaired) electrons. The number of aliphatic hydroxyl groups excluding tert-OH is 1. The maximum atomic E-state index is 11.4. The highest BCUT2D eigenvalue weighted by atomic mass is 32.2. The number of nitrogens with one attached hydrogen (secondary N) is 4. The Morgan fingerprint density at radius 3 is 2.64 bits per heavy atom. The first kappa shape index (κ1) is 19.8. The molecule has 0 unspecified atom stereocenters. The van der Waals surface area contributed by atoms with E-state index in [9.17, 15) is 13.5 Å². The van der Waals surface area contributed by atoms with Gasteiger partial charge in [0.05, 0.1) is 30.9 Å². The summed E-state index contributed by atoms with van der Waals surface area (Å²) in [4.78, 5) is 16.1. The lowest BCUT2D eigenvalue weighted by molar-refractivity contribution is 0.249. The van der Waals surface area contributed by atoms with Gasteiger partial charge in [0.1, 0.15) is 5.52 Å². The van der Waals surface area contributed by atoms with Gasteiger partial charge in [0.2, 0.25) is 16.0 Å². The number of hydrogen-bond donors (Lipinski definition) is 5. The van der Waals surface area contributed by atoms with Gasteiger partial charge in [-0.25, -0.2) is 13.4 Å². The monoisotopic (exact) mass is 405 g/mol. The van der Waals surface area contributed by atoms with Crippen LogP contribution in [0.3, 0.4) is 0 Å². The zero-order valence-corrected chi connectivity index (χ0v) is 16.6. The maximum absolute atomic E-state index is 11.4. The summed E-state index contributed by atoms with van der Waals surface area (Å²) in [7, 11) is -3.38. The van der Waals surface area contributed by atoms with E-state index in [1.165, 1.54) is 6.33 Å². The third-order valence-electron chi connectivity index (χ3n) is 4.02. The first-order valence-electron chi connectivity index (χ1n) is 8.68. The van der Waals surface area contributed by atoms with Crippen molar-refractivity contribution < 1.29 is 13.5 Å². The van der Waals surface area contributed by atoms with Crippen LogP contribution in [0, 0.1) is 5.92 Å². The average Bonchev–Trinajstić information content (AvgIpc) is 3.06. The molecular formula is C17H23N7O3S. The molecule has 0 amide bonds. The average molecular weight is 405 g/mol. The van der Waals surface area contributed by atoms with Crippen LogP contribution in [0.25, 0.3) is 11.2 Å². The second kappa shape index (κ2) is 7.98. The summed E-state index contributed by atoms with van der Waals surface area (Å²) in [6.45, 7) is 3.95. The van der Waals surface area contributed by atoms with E-state index in [2.05, 4.69) is 35.3 Å². The van der Waals surface area contributed by atoms with Gasteiger partial charge in [-0.2, -0.15) is 9.97 Å². The van der Waals surface area contributed by atoms with Crippen LogP contribution >= 0.6 is 0 Å². The fourth-order valence-electron chi connectivity index (χ4n) is 2.59. The van der Waals surface area contributed by atoms with Crippen molar-refractivity contribution in [3.63, 3.8) is 0 Å². The molecule has 0 aliphatic carbocycles. The summed E-state index contributed by atoms with van der Waals surface area (Å²) in [6.07, 6.45) is 2.61. The fourth-order valence-corrected chi connectivity index (χ4v) is 3.15. The summed E-state index contributed by atoms with van der Waals surface area (Å²) in [5.41, 5.74) is 2.14. The lowest BCUT2D eigenvalue weighted by atomic mass is 10.1. The number of hydrogen-bond acceptors (Lipinski definition) is 8. The van der Waals surface area contributed by atoms with Crippen LogP contribution in [0.4, 0.5) is 23.1 Å². The predicted octanol–water partition coefficient (Wildman–Crippen LogP) is 1.90. The lowest BCUT2D eigenvalue weighted by Gasteiger charge is -2.21. The highest BCUT2D eigenvalue weighted by molar-refractivity contribution is 7.92. The van der Waals surface area contributed by atoms with Gasteiger partial charge < -0.3 is 20.7 Å². The molecule has 150 valence electrons. The Bertz CT molecular complexity index is 1070. The first-order valence-corrected chi connectivity index (χ1v) is 10.6. The minimum absolute atomic E-state index is 0.0461. The number of rotatable bonds is 8. The van der Waals surface area contributed by atoms with Crippen molar-refractivity contribution in [2.75, 3.05) is 28.2 Å². The number of aliphatic hydroxyl groups is 1. The highest BCUT2D eigenvalue weighted by Gasteiger charge is 2.17. The zero-order valence-electron chi connectivity index (χ0n) is 15.8. The third-order valence-corrected chi connectivity index (χ3v) is 4.63. The smallest absolute Gasteiger partial charge is 0.231 e. The van der Waals surface area contributed by atoms with Crippen LogP contribution < -0.4 is 15.4 Å². The first-order chi connectivity index (χ1) is 13.2. The minimum Gasteiger partial charge on any atom is -0.394 e. The van der Waals surface area contributed by atoms with E-state index >= 15 is 0 Å². The molecular weight excluding hydrogens is 382 g/mol. The molecule has 0 bridgehead atoms. The van der Waals surface area contributed by atoms with Gasteiger partial charge in [-0.3, -0.25) is 4.72 Å². The zero-order chi connectivity index (χ0) is 20.3. The predicted molar refractivity (Wildman–Crippen MR) is 109 cm³/mol. The molecule has 0 aliphatic heterocycles. The number of sulfonamides is 1. The Balaban J connectivity index is 1.91. The summed E-state index contributed by atoms with van der Waals surface area (Å²) in [5.74, 6) is 0.979. The number of fused-ring (bicyclic) bond motifs is 1. The van der Waals surface area contributed by atoms with Crippen molar-refractivity contribution in [3.8, 4) is 0 Å². The lowest BCUT2D eigenvalue weighted by Crippen LogP contribution is -2.30. The number of anilines is 4. The molecule has 0 saturated carbocycles. The molecule has 5 N–H and O–H groups in total. The number of aromatic amines is 1. The van der Waals surface area contributed by atoms with Crippen LogP contribution in [0.2, 0.25) is 0 Å². The number of nitrogens with zero attached hydrogens (tertiary/aromatic N) is 3. The van der Waals surface area contributed by atoms with Gasteiger partial charge in [-0.05, 0) is 24.1 Å². The quantitative estimate of drug-likeness (QED) is 0.382. The summed E-state index contributed by atoms with van der Waals surface area (Å²) < 4.78 is 25.3. The Morgan fingerprint density at radius 1 is 1.21 bits per heavy atom. The molecule has 3 aromatic rings. The van der Waals surface area contributed by atoms with Gasteiger partial charge in [0.25, 0.3) is 0 Å². The number of H-pyrrole nitrogens is 1. The number of imidazole rings is 1. The van der Waals surface area contributed by atoms with Crippen molar-refractivity contribution in [2.45, 2.75) is 19.9 Å². The van der Waals surface area contributed by atoms with Crippen molar-refractivity contribution in [1.82, 2.24) is 19.9 Å². The maximum Gasteiger partial charge on any atom is 0.231 e. The van der Waals surface area contributed by atoms with E-state index < -0.39 is 10.0 Å². The highest BCUT2D eigenvalue weighted by Crippen LogP contribution is 2.24. The summed E-state index contributed by atoms with van der Waals surface area (Å²) in [5, 5.41) is 15.9. The van der Waals surface area contributed by atoms with E-state index in [1.807, 2.05) is 13.8 Å². The Kier molecular flexibility index (Phi) is 5.66. The molecule has 1 atom stereocenters. The molecule has 3 rings (SSSR count). The minimum atomic E-state index is -3.38. The van der Waals surface area contributed by atoms with Crippen molar-refractivity contribution in [1.29, 1.82) is 0 Å². The van der Waals surface area contributed by atoms with Crippen LogP contribution in [-0.4, -0.2) is 52.4 Å². The largest absolute Gasteiger partial charge is 0.394 e. The Morgan fingerprint density at radius 2 is 1.96 bits per heavy atom. The molecule has 2 heterocycles. The fraction of sp³-hybridized carbons (Fsp3) is 0.353. The van der Waals surface area contributed by atoms with Crippen LogP contribution in [-0.2, 0) is 10.0 Å². The molecule has 1 aromatic carbocycles. The second-order valence-corrected chi connectivity index (χ2v) is 8.50. The van der Waals surface area contributed by atoms with Crippen molar-refractivity contribution >= 4 is 44.3 Å². The van der Waals surface area contributed by atoms with Crippen LogP contribution in [0.1, 0.15) is 13.8 Å². The summed E-state index contributed by atoms with van der Waals surface area (Å²) >= 11 is 0. The van der Waals surface area contributed by atoms with E-state index in [-0.39, 0.29) is 18.6 Å². The van der Waals surface area contributed by atoms with Gasteiger partial charge >= 0.3 is 0 Å². The standard InChI is InChI=1S/C17H23N7O3S/c1-10(2)13(8-25)21-16-14-15(19-9-18-14)22-17(23-16)20-11-5-4-6-12(7-11)24-28(3,26)27/h4-7,9-10,13,24-25H,8H2,1-3H3,(H3,18,19,20,21,22,23)/t13-/m1/s1. The molecule has 0 saturated heterocycles. The molecule has 0 aliphatic rings. The molecule has 28 heavy (non-hydrogen) atoms. The molecule has 10 nitrogen and oxygen atoms in total. The third kappa shape index (κ3) is 4.87. The molecule has 11 heteroatoms. The Labute approximate surface area is 162 Å². The second-order valence-electron chi connectivity index (χ2n) is 6.75. The molecule has 0 fully saturated rings. The van der Waals surface area contributed by atoms with Gasteiger partial charge in [-0.1, -0.05) is 19.9 Å². The van der Waals surface area contributed by atoms with E-state index in [0.717, 1.165) is 6.26 Å². The molecule has 2 aromatic heterocycles. The topological polar surface area (TPSA) is 145 Å². The van der Waals surface area contributed by atoms with Gasteiger partial charge in [-0.15, -0.1) is 0 Å². The van der Waals surface area contributed by atoms with E-state index in [1.54, 1.807) is 24.3 Å². The van der Waals surface area contributed by atoms with Crippen LogP contribution in [0.15, 0.2) is 30.6 Å². The van der Waals surface area contributed by atoms with E-state index in [4.69, 9.17) is 0 Å². The van der Waals surface area contributed by atoms with Gasteiger partial charge in [0, 0.05) is 5.69 Å². The summed E-state index contributed by atoms with van der Waals surface area (Å²) in [6, 6.07) is 6.58. The van der Waals surface area contributed by atoms with Crippen molar-refractivity contribution in [2.24, 2.45) is 5.92 Å². The Hall–Kier alpha value is -2.92. The van der Waals surface area contributed by atoms with Crippen molar-refractivity contribution in [3.05, 3.63) is 30.6 Å². The van der Waals surface area contributed by atoms with Crippen LogP contribution in [0.5, 0.6) is 0 Å². The van der Waals surface area contributed by atoms with E-state index in [0.29, 0.717) is 34.3 Å². The molecule has 0 spiro atoms. The number of aromatic nitrogens is 4.